The minimum absolute atomic E-state index is 0.147. The minimum Gasteiger partial charge on any atom is -0.391 e. The molecule has 20 heavy (non-hydrogen) atoms. The van der Waals surface area contributed by atoms with Gasteiger partial charge in [-0.2, -0.15) is 0 Å². The molecule has 0 radical (unpaired) electrons. The third-order valence-electron chi connectivity index (χ3n) is 3.29. The molecule has 6 heteroatoms. The molecule has 2 N–H and O–H groups in total. The number of halogens is 2. The van der Waals surface area contributed by atoms with Crippen molar-refractivity contribution >= 4 is 5.91 Å². The van der Waals surface area contributed by atoms with Crippen molar-refractivity contribution in [2.75, 3.05) is 13.2 Å². The van der Waals surface area contributed by atoms with Crippen molar-refractivity contribution < 1.29 is 23.4 Å². The van der Waals surface area contributed by atoms with E-state index in [9.17, 15) is 18.7 Å². The van der Waals surface area contributed by atoms with Crippen LogP contribution in [0.3, 0.4) is 0 Å². The second-order valence-corrected chi connectivity index (χ2v) is 4.85. The van der Waals surface area contributed by atoms with Gasteiger partial charge in [-0.1, -0.05) is 6.07 Å². The van der Waals surface area contributed by atoms with Crippen LogP contribution in [-0.2, 0) is 16.0 Å². The second kappa shape index (κ2) is 6.76. The Balaban J connectivity index is 1.81. The molecule has 1 aromatic carbocycles. The second-order valence-electron chi connectivity index (χ2n) is 4.85. The number of benzene rings is 1. The summed E-state index contributed by atoms with van der Waals surface area (Å²) in [6, 6.07) is 3.17. The van der Waals surface area contributed by atoms with Crippen LogP contribution in [0.5, 0.6) is 0 Å². The largest absolute Gasteiger partial charge is 0.391 e. The van der Waals surface area contributed by atoms with E-state index in [2.05, 4.69) is 5.32 Å². The number of rotatable bonds is 4. The van der Waals surface area contributed by atoms with Crippen molar-refractivity contribution in [2.45, 2.75) is 31.4 Å². The van der Waals surface area contributed by atoms with Crippen LogP contribution >= 0.6 is 0 Å². The number of aliphatic hydroxyl groups is 1. The van der Waals surface area contributed by atoms with Gasteiger partial charge >= 0.3 is 0 Å². The summed E-state index contributed by atoms with van der Waals surface area (Å²) in [7, 11) is 0. The molecule has 0 bridgehead atoms. The Morgan fingerprint density at radius 2 is 2.20 bits per heavy atom. The maximum Gasteiger partial charge on any atom is 0.220 e. The van der Waals surface area contributed by atoms with Crippen molar-refractivity contribution in [2.24, 2.45) is 0 Å². The number of aryl methyl sites for hydroxylation is 1. The first kappa shape index (κ1) is 14.9. The van der Waals surface area contributed by atoms with Crippen LogP contribution < -0.4 is 5.32 Å². The van der Waals surface area contributed by atoms with Crippen LogP contribution in [0.2, 0.25) is 0 Å². The van der Waals surface area contributed by atoms with Crippen molar-refractivity contribution in [3.8, 4) is 0 Å². The number of aliphatic hydroxyl groups excluding tert-OH is 1. The van der Waals surface area contributed by atoms with E-state index < -0.39 is 23.8 Å². The average Bonchev–Trinajstić information content (AvgIpc) is 2.43. The van der Waals surface area contributed by atoms with Crippen LogP contribution in [-0.4, -0.2) is 36.4 Å². The van der Waals surface area contributed by atoms with E-state index in [1.807, 2.05) is 0 Å². The molecular formula is C14H17F2NO3. The molecule has 1 aliphatic rings. The molecular weight excluding hydrogens is 268 g/mol. The number of hydrogen-bond donors (Lipinski definition) is 2. The lowest BCUT2D eigenvalue weighted by Crippen LogP contribution is -2.49. The Bertz CT molecular complexity index is 481. The third kappa shape index (κ3) is 3.98. The standard InChI is InChI=1S/C14H17F2NO3/c15-10-3-1-9(7-11(10)16)2-4-14(19)17-12-8-20-6-5-13(12)18/h1,3,7,12-13,18H,2,4-6,8H2,(H,17,19)/t12-,13-/m1/s1. The quantitative estimate of drug-likeness (QED) is 0.873. The van der Waals surface area contributed by atoms with E-state index in [4.69, 9.17) is 4.74 Å². The summed E-state index contributed by atoms with van der Waals surface area (Å²) in [5.74, 6) is -2.07. The van der Waals surface area contributed by atoms with Crippen LogP contribution in [0.25, 0.3) is 0 Å². The lowest BCUT2D eigenvalue weighted by molar-refractivity contribution is -0.124. The summed E-state index contributed by atoms with van der Waals surface area (Å²) >= 11 is 0. The topological polar surface area (TPSA) is 58.6 Å². The Hall–Kier alpha value is -1.53. The van der Waals surface area contributed by atoms with Crippen molar-refractivity contribution in [1.82, 2.24) is 5.32 Å². The van der Waals surface area contributed by atoms with Crippen LogP contribution in [0.1, 0.15) is 18.4 Å². The van der Waals surface area contributed by atoms with Gasteiger partial charge in [-0.25, -0.2) is 8.78 Å². The highest BCUT2D eigenvalue weighted by molar-refractivity contribution is 5.76. The summed E-state index contributed by atoms with van der Waals surface area (Å²) in [6.07, 6.45) is 0.353. The number of carbonyl (C=O) groups is 1. The fourth-order valence-corrected chi connectivity index (χ4v) is 2.10. The van der Waals surface area contributed by atoms with Gasteiger partial charge in [0.2, 0.25) is 5.91 Å². The zero-order valence-corrected chi connectivity index (χ0v) is 10.9. The Labute approximate surface area is 115 Å². The number of amides is 1. The van der Waals surface area contributed by atoms with Gasteiger partial charge in [0, 0.05) is 13.0 Å². The van der Waals surface area contributed by atoms with Gasteiger partial charge in [-0.05, 0) is 30.5 Å². The van der Waals surface area contributed by atoms with Crippen molar-refractivity contribution in [3.05, 3.63) is 35.4 Å². The monoisotopic (exact) mass is 285 g/mol. The lowest BCUT2D eigenvalue weighted by Gasteiger charge is -2.28. The summed E-state index contributed by atoms with van der Waals surface area (Å²) in [6.45, 7) is 0.778. The van der Waals surface area contributed by atoms with Gasteiger partial charge in [-0.3, -0.25) is 4.79 Å². The molecule has 0 aromatic heterocycles. The molecule has 2 rings (SSSR count). The maximum atomic E-state index is 13.0. The molecule has 0 spiro atoms. The minimum atomic E-state index is -0.918. The van der Waals surface area contributed by atoms with Crippen molar-refractivity contribution in [1.29, 1.82) is 0 Å². The van der Waals surface area contributed by atoms with E-state index in [-0.39, 0.29) is 18.9 Å². The third-order valence-corrected chi connectivity index (χ3v) is 3.29. The zero-order valence-electron chi connectivity index (χ0n) is 10.9. The lowest BCUT2D eigenvalue weighted by atomic mass is 10.1. The Kier molecular flexibility index (Phi) is 5.03. The highest BCUT2D eigenvalue weighted by Gasteiger charge is 2.24. The molecule has 0 aliphatic carbocycles. The van der Waals surface area contributed by atoms with Gasteiger partial charge in [0.25, 0.3) is 0 Å². The molecule has 0 saturated carbocycles. The Morgan fingerprint density at radius 3 is 2.90 bits per heavy atom. The number of nitrogens with one attached hydrogen (secondary N) is 1. The summed E-state index contributed by atoms with van der Waals surface area (Å²) in [4.78, 5) is 11.7. The van der Waals surface area contributed by atoms with Gasteiger partial charge in [0.15, 0.2) is 11.6 Å². The molecule has 110 valence electrons. The van der Waals surface area contributed by atoms with E-state index in [0.29, 0.717) is 25.0 Å². The number of carbonyl (C=O) groups excluding carboxylic acids is 1. The predicted molar refractivity (Wildman–Crippen MR) is 68.1 cm³/mol. The molecule has 1 fully saturated rings. The van der Waals surface area contributed by atoms with E-state index in [1.165, 1.54) is 6.07 Å². The van der Waals surface area contributed by atoms with E-state index >= 15 is 0 Å². The van der Waals surface area contributed by atoms with Gasteiger partial charge in [-0.15, -0.1) is 0 Å². The summed E-state index contributed by atoms with van der Waals surface area (Å²) < 4.78 is 30.9. The fourth-order valence-electron chi connectivity index (χ4n) is 2.10. The zero-order chi connectivity index (χ0) is 14.5. The molecule has 1 aliphatic heterocycles. The highest BCUT2D eigenvalue weighted by Crippen LogP contribution is 2.11. The van der Waals surface area contributed by atoms with Crippen LogP contribution in [0.15, 0.2) is 18.2 Å². The maximum absolute atomic E-state index is 13.0. The normalized spacial score (nSPS) is 22.6. The van der Waals surface area contributed by atoms with Crippen LogP contribution in [0, 0.1) is 11.6 Å². The molecule has 0 unspecified atom stereocenters. The first-order valence-electron chi connectivity index (χ1n) is 6.55. The van der Waals surface area contributed by atoms with Gasteiger partial charge < -0.3 is 15.2 Å². The molecule has 1 aromatic rings. The number of ether oxygens (including phenoxy) is 1. The van der Waals surface area contributed by atoms with Crippen LogP contribution in [0.4, 0.5) is 8.78 Å². The smallest absolute Gasteiger partial charge is 0.220 e. The van der Waals surface area contributed by atoms with Gasteiger partial charge in [0.05, 0.1) is 18.8 Å². The highest BCUT2D eigenvalue weighted by atomic mass is 19.2. The first-order chi connectivity index (χ1) is 9.56. The fraction of sp³-hybridized carbons (Fsp3) is 0.500. The van der Waals surface area contributed by atoms with E-state index in [1.54, 1.807) is 0 Å². The molecule has 4 nitrogen and oxygen atoms in total. The van der Waals surface area contributed by atoms with Gasteiger partial charge in [0.1, 0.15) is 0 Å². The average molecular weight is 285 g/mol. The summed E-state index contributed by atoms with van der Waals surface area (Å²) in [5, 5.41) is 12.4. The predicted octanol–water partition coefficient (Wildman–Crippen LogP) is 1.16. The SMILES string of the molecule is O=C(CCc1ccc(F)c(F)c1)N[C@@H]1COCC[C@H]1O. The van der Waals surface area contributed by atoms with E-state index in [0.717, 1.165) is 12.1 Å². The Morgan fingerprint density at radius 1 is 1.40 bits per heavy atom. The van der Waals surface area contributed by atoms with Crippen molar-refractivity contribution in [3.63, 3.8) is 0 Å². The molecule has 2 atom stereocenters. The molecule has 1 amide bonds. The molecule has 1 saturated heterocycles. The number of hydrogen-bond acceptors (Lipinski definition) is 3. The molecule has 1 heterocycles. The summed E-state index contributed by atoms with van der Waals surface area (Å²) in [5.41, 5.74) is 0.555. The first-order valence-corrected chi connectivity index (χ1v) is 6.55.